The molecule has 1 aromatic heterocycles. The van der Waals surface area contributed by atoms with Gasteiger partial charge in [0.05, 0.1) is 13.0 Å². The average Bonchev–Trinajstić information content (AvgIpc) is 2.73. The van der Waals surface area contributed by atoms with Gasteiger partial charge < -0.3 is 4.74 Å². The lowest BCUT2D eigenvalue weighted by Gasteiger charge is -2.35. The standard InChI is InChI=1S/C23H22N2O3/c1-14-20(23(27)28-2)22(17-10-6-7-11-24-17)21-18(25-14)12-16(13-19(21)26)15-8-4-3-5-9-15/h3-11,16,20,22H,12-13H2,1-2H3/t16-,20?,22+/m0/s1. The third-order valence-corrected chi connectivity index (χ3v) is 5.62. The van der Waals surface area contributed by atoms with Crippen LogP contribution in [0.1, 0.15) is 42.9 Å². The van der Waals surface area contributed by atoms with Gasteiger partial charge in [0, 0.05) is 35.3 Å². The molecule has 1 aromatic carbocycles. The van der Waals surface area contributed by atoms with Crippen molar-refractivity contribution in [3.05, 3.63) is 77.3 Å². The number of ketones is 1. The molecule has 28 heavy (non-hydrogen) atoms. The summed E-state index contributed by atoms with van der Waals surface area (Å²) in [5.74, 6) is -1.33. The molecule has 1 aliphatic heterocycles. The van der Waals surface area contributed by atoms with Crippen molar-refractivity contribution in [3.63, 3.8) is 0 Å². The molecule has 3 atom stereocenters. The maximum atomic E-state index is 13.3. The fourth-order valence-corrected chi connectivity index (χ4v) is 4.33. The molecule has 1 unspecified atom stereocenters. The molecule has 2 heterocycles. The number of hydrogen-bond acceptors (Lipinski definition) is 5. The summed E-state index contributed by atoms with van der Waals surface area (Å²) in [5, 5.41) is 0. The Labute approximate surface area is 164 Å². The fourth-order valence-electron chi connectivity index (χ4n) is 4.33. The zero-order valence-corrected chi connectivity index (χ0v) is 16.0. The third kappa shape index (κ3) is 3.17. The Balaban J connectivity index is 1.81. The Morgan fingerprint density at radius 2 is 1.82 bits per heavy atom. The molecule has 0 saturated carbocycles. The summed E-state index contributed by atoms with van der Waals surface area (Å²) in [7, 11) is 1.36. The summed E-state index contributed by atoms with van der Waals surface area (Å²) in [6.45, 7) is 1.83. The molecule has 2 aromatic rings. The summed E-state index contributed by atoms with van der Waals surface area (Å²) in [6.07, 6.45) is 2.78. The molecule has 0 fully saturated rings. The van der Waals surface area contributed by atoms with Gasteiger partial charge >= 0.3 is 5.97 Å². The van der Waals surface area contributed by atoms with E-state index in [2.05, 4.69) is 17.1 Å². The van der Waals surface area contributed by atoms with E-state index in [1.165, 1.54) is 7.11 Å². The predicted molar refractivity (Wildman–Crippen MR) is 106 cm³/mol. The highest BCUT2D eigenvalue weighted by Gasteiger charge is 2.45. The number of esters is 1. The van der Waals surface area contributed by atoms with E-state index in [1.807, 2.05) is 43.3 Å². The number of carbonyl (C=O) groups excluding carboxylic acids is 2. The van der Waals surface area contributed by atoms with Gasteiger partial charge in [0.15, 0.2) is 5.78 Å². The molecule has 5 heteroatoms. The molecule has 0 spiro atoms. The Kier molecular flexibility index (Phi) is 4.90. The molecule has 0 N–H and O–H groups in total. The van der Waals surface area contributed by atoms with Crippen LogP contribution in [-0.4, -0.2) is 29.6 Å². The van der Waals surface area contributed by atoms with Gasteiger partial charge in [-0.25, -0.2) is 0 Å². The van der Waals surface area contributed by atoms with Crippen molar-refractivity contribution in [1.82, 2.24) is 4.98 Å². The van der Waals surface area contributed by atoms with E-state index >= 15 is 0 Å². The highest BCUT2D eigenvalue weighted by atomic mass is 16.5. The first-order chi connectivity index (χ1) is 13.6. The average molecular weight is 374 g/mol. The van der Waals surface area contributed by atoms with Gasteiger partial charge in [0.2, 0.25) is 0 Å². The van der Waals surface area contributed by atoms with E-state index in [0.717, 1.165) is 11.3 Å². The first-order valence-electron chi connectivity index (χ1n) is 9.45. The lowest BCUT2D eigenvalue weighted by molar-refractivity contribution is -0.143. The van der Waals surface area contributed by atoms with Crippen LogP contribution in [-0.2, 0) is 14.3 Å². The second-order valence-electron chi connectivity index (χ2n) is 7.29. The number of nitrogens with zero attached hydrogens (tertiary/aromatic N) is 2. The van der Waals surface area contributed by atoms with Crippen LogP contribution >= 0.6 is 0 Å². The maximum Gasteiger partial charge on any atom is 0.315 e. The smallest absolute Gasteiger partial charge is 0.315 e. The van der Waals surface area contributed by atoms with Crippen LogP contribution in [0.3, 0.4) is 0 Å². The van der Waals surface area contributed by atoms with E-state index in [4.69, 9.17) is 9.73 Å². The van der Waals surface area contributed by atoms with Crippen LogP contribution < -0.4 is 0 Å². The van der Waals surface area contributed by atoms with Gasteiger partial charge in [0.1, 0.15) is 5.92 Å². The number of rotatable bonds is 3. The number of benzene rings is 1. The summed E-state index contributed by atoms with van der Waals surface area (Å²) < 4.78 is 5.04. The molecule has 0 bridgehead atoms. The molecule has 142 valence electrons. The molecule has 0 radical (unpaired) electrons. The van der Waals surface area contributed by atoms with Crippen LogP contribution in [0, 0.1) is 5.92 Å². The van der Waals surface area contributed by atoms with Gasteiger partial charge in [-0.2, -0.15) is 0 Å². The Morgan fingerprint density at radius 1 is 1.07 bits per heavy atom. The van der Waals surface area contributed by atoms with Gasteiger partial charge in [-0.1, -0.05) is 36.4 Å². The van der Waals surface area contributed by atoms with Gasteiger partial charge in [-0.15, -0.1) is 0 Å². The van der Waals surface area contributed by atoms with Crippen molar-refractivity contribution in [2.45, 2.75) is 31.6 Å². The number of ether oxygens (including phenoxy) is 1. The van der Waals surface area contributed by atoms with Crippen molar-refractivity contribution in [3.8, 4) is 0 Å². The Morgan fingerprint density at radius 3 is 2.50 bits per heavy atom. The van der Waals surface area contributed by atoms with E-state index in [-0.39, 0.29) is 17.7 Å². The first-order valence-corrected chi connectivity index (χ1v) is 9.45. The molecule has 0 saturated heterocycles. The van der Waals surface area contributed by atoms with E-state index in [9.17, 15) is 9.59 Å². The van der Waals surface area contributed by atoms with E-state index in [0.29, 0.717) is 29.8 Å². The molecule has 5 nitrogen and oxygen atoms in total. The zero-order chi connectivity index (χ0) is 19.7. The highest BCUT2D eigenvalue weighted by Crippen LogP contribution is 2.46. The van der Waals surface area contributed by atoms with Crippen LogP contribution in [0.25, 0.3) is 0 Å². The van der Waals surface area contributed by atoms with Gasteiger partial charge in [0.25, 0.3) is 0 Å². The maximum absolute atomic E-state index is 13.3. The Hall–Kier alpha value is -3.08. The molecule has 4 rings (SSSR count). The van der Waals surface area contributed by atoms with Crippen molar-refractivity contribution >= 4 is 17.5 Å². The quantitative estimate of drug-likeness (QED) is 0.766. The summed E-state index contributed by atoms with van der Waals surface area (Å²) in [6, 6.07) is 15.6. The normalized spacial score (nSPS) is 24.4. The predicted octanol–water partition coefficient (Wildman–Crippen LogP) is 3.83. The van der Waals surface area contributed by atoms with Crippen LogP contribution in [0.4, 0.5) is 0 Å². The lowest BCUT2D eigenvalue weighted by Crippen LogP contribution is -2.38. The number of Topliss-reactive ketones (excluding diaryl/α,β-unsaturated/α-hetero) is 1. The third-order valence-electron chi connectivity index (χ3n) is 5.62. The minimum atomic E-state index is -0.629. The van der Waals surface area contributed by atoms with Crippen molar-refractivity contribution in [2.75, 3.05) is 7.11 Å². The number of allylic oxidation sites excluding steroid dienone is 2. The first kappa shape index (κ1) is 18.3. The van der Waals surface area contributed by atoms with Gasteiger partial charge in [-0.05, 0) is 37.0 Å². The highest BCUT2D eigenvalue weighted by molar-refractivity contribution is 6.09. The molecular weight excluding hydrogens is 352 g/mol. The Bertz CT molecular complexity index is 964. The van der Waals surface area contributed by atoms with E-state index in [1.54, 1.807) is 6.20 Å². The molecule has 1 aliphatic carbocycles. The fraction of sp³-hybridized carbons (Fsp3) is 0.304. The molecule has 2 aliphatic rings. The summed E-state index contributed by atoms with van der Waals surface area (Å²) in [4.78, 5) is 35.0. The second kappa shape index (κ2) is 7.50. The van der Waals surface area contributed by atoms with Crippen LogP contribution in [0.2, 0.25) is 0 Å². The van der Waals surface area contributed by atoms with Crippen molar-refractivity contribution in [1.29, 1.82) is 0 Å². The van der Waals surface area contributed by atoms with Crippen LogP contribution in [0.5, 0.6) is 0 Å². The second-order valence-corrected chi connectivity index (χ2v) is 7.29. The number of hydrogen-bond donors (Lipinski definition) is 0. The lowest BCUT2D eigenvalue weighted by atomic mass is 9.70. The van der Waals surface area contributed by atoms with Crippen LogP contribution in [0.15, 0.2) is 71.0 Å². The number of aromatic nitrogens is 1. The van der Waals surface area contributed by atoms with Gasteiger partial charge in [-0.3, -0.25) is 19.6 Å². The molecular formula is C23H22N2O3. The SMILES string of the molecule is COC(=O)C1C(C)=NC2=C(C(=O)C[C@@H](c3ccccc3)C2)[C@@H]1c1ccccn1. The largest absolute Gasteiger partial charge is 0.468 e. The van der Waals surface area contributed by atoms with E-state index < -0.39 is 11.8 Å². The minimum absolute atomic E-state index is 0.0379. The van der Waals surface area contributed by atoms with Crippen molar-refractivity contribution < 1.29 is 14.3 Å². The topological polar surface area (TPSA) is 68.6 Å². The number of carbonyl (C=O) groups is 2. The number of aliphatic imine (C=N–C) groups is 1. The monoisotopic (exact) mass is 374 g/mol. The zero-order valence-electron chi connectivity index (χ0n) is 16.0. The summed E-state index contributed by atoms with van der Waals surface area (Å²) >= 11 is 0. The summed E-state index contributed by atoms with van der Waals surface area (Å²) in [5.41, 5.74) is 3.90. The van der Waals surface area contributed by atoms with Crippen molar-refractivity contribution in [2.24, 2.45) is 10.9 Å². The number of methoxy groups -OCH3 is 1. The minimum Gasteiger partial charge on any atom is -0.468 e. The number of pyridine rings is 1. The molecule has 0 amide bonds.